The van der Waals surface area contributed by atoms with E-state index in [1.807, 2.05) is 37.3 Å². The van der Waals surface area contributed by atoms with Crippen molar-refractivity contribution in [1.29, 1.82) is 0 Å². The van der Waals surface area contributed by atoms with E-state index in [1.54, 1.807) is 23.2 Å². The largest absolute Gasteiger partial charge is 0.497 e. The molecule has 3 aromatic rings. The Labute approximate surface area is 160 Å². The highest BCUT2D eigenvalue weighted by atomic mass is 32.2. The molecule has 0 atom stereocenters. The van der Waals surface area contributed by atoms with Crippen molar-refractivity contribution >= 4 is 20.9 Å². The maximum Gasteiger partial charge on any atom is 0.268 e. The van der Waals surface area contributed by atoms with Gasteiger partial charge in [0, 0.05) is 17.6 Å². The van der Waals surface area contributed by atoms with Crippen LogP contribution < -0.4 is 4.74 Å². The number of hydrogen-bond acceptors (Lipinski definition) is 4. The van der Waals surface area contributed by atoms with Crippen LogP contribution >= 0.6 is 0 Å². The standard InChI is InChI=1S/C21H24N2O3S/c1-15-6-9-17(10-7-15)27(24,25)23-20-5-4-12-22(2)14-19(20)18-13-16(26-3)8-11-21(18)23/h6-11,13H,4-5,12,14H2,1-3H3. The van der Waals surface area contributed by atoms with E-state index in [0.29, 0.717) is 4.90 Å². The van der Waals surface area contributed by atoms with Crippen LogP contribution in [0.4, 0.5) is 0 Å². The molecule has 1 aliphatic rings. The molecule has 142 valence electrons. The topological polar surface area (TPSA) is 51.5 Å². The number of aromatic nitrogens is 1. The minimum Gasteiger partial charge on any atom is -0.497 e. The molecule has 1 aliphatic heterocycles. The second-order valence-electron chi connectivity index (χ2n) is 7.23. The van der Waals surface area contributed by atoms with Crippen molar-refractivity contribution in [3.05, 3.63) is 59.3 Å². The molecule has 6 heteroatoms. The third kappa shape index (κ3) is 3.03. The monoisotopic (exact) mass is 384 g/mol. The number of rotatable bonds is 3. The predicted molar refractivity (Wildman–Crippen MR) is 107 cm³/mol. The molecule has 0 saturated carbocycles. The molecule has 2 aromatic carbocycles. The van der Waals surface area contributed by atoms with Gasteiger partial charge in [0.15, 0.2) is 0 Å². The van der Waals surface area contributed by atoms with E-state index in [4.69, 9.17) is 4.74 Å². The second-order valence-corrected chi connectivity index (χ2v) is 9.02. The van der Waals surface area contributed by atoms with Gasteiger partial charge >= 0.3 is 0 Å². The van der Waals surface area contributed by atoms with E-state index in [0.717, 1.165) is 59.4 Å². The zero-order chi connectivity index (χ0) is 19.2. The fourth-order valence-electron chi connectivity index (χ4n) is 3.87. The molecule has 5 nitrogen and oxygen atoms in total. The van der Waals surface area contributed by atoms with Gasteiger partial charge in [0.05, 0.1) is 17.5 Å². The molecule has 0 unspecified atom stereocenters. The van der Waals surface area contributed by atoms with Gasteiger partial charge in [-0.05, 0) is 69.3 Å². The number of nitrogens with zero attached hydrogens (tertiary/aromatic N) is 2. The Kier molecular flexibility index (Phi) is 4.48. The summed E-state index contributed by atoms with van der Waals surface area (Å²) >= 11 is 0. The quantitative estimate of drug-likeness (QED) is 0.693. The average molecular weight is 385 g/mol. The summed E-state index contributed by atoms with van der Waals surface area (Å²) in [5.74, 6) is 0.738. The van der Waals surface area contributed by atoms with E-state index in [2.05, 4.69) is 11.9 Å². The lowest BCUT2D eigenvalue weighted by Gasteiger charge is -2.13. The number of methoxy groups -OCH3 is 1. The van der Waals surface area contributed by atoms with Crippen molar-refractivity contribution in [3.8, 4) is 5.75 Å². The van der Waals surface area contributed by atoms with Gasteiger partial charge in [-0.25, -0.2) is 12.4 Å². The van der Waals surface area contributed by atoms with Crippen LogP contribution in [0.25, 0.3) is 10.9 Å². The van der Waals surface area contributed by atoms with Gasteiger partial charge in [0.25, 0.3) is 10.0 Å². The molecule has 0 aliphatic carbocycles. The first-order valence-corrected chi connectivity index (χ1v) is 10.6. The molecule has 2 heterocycles. The van der Waals surface area contributed by atoms with Gasteiger partial charge < -0.3 is 9.64 Å². The second kappa shape index (κ2) is 6.69. The molecule has 27 heavy (non-hydrogen) atoms. The van der Waals surface area contributed by atoms with Crippen LogP contribution in [0.1, 0.15) is 23.2 Å². The van der Waals surface area contributed by atoms with E-state index in [9.17, 15) is 8.42 Å². The summed E-state index contributed by atoms with van der Waals surface area (Å²) < 4.78 is 34.1. The van der Waals surface area contributed by atoms with Crippen LogP contribution in [-0.4, -0.2) is 38.0 Å². The SMILES string of the molecule is COc1ccc2c(c1)c1c(n2S(=O)(=O)c2ccc(C)cc2)CCCN(C)C1. The fourth-order valence-corrected chi connectivity index (χ4v) is 5.47. The number of fused-ring (bicyclic) bond motifs is 3. The van der Waals surface area contributed by atoms with Gasteiger partial charge in [0.1, 0.15) is 5.75 Å². The lowest BCUT2D eigenvalue weighted by Crippen LogP contribution is -2.17. The molecule has 0 saturated heterocycles. The van der Waals surface area contributed by atoms with E-state index in [1.165, 1.54) is 0 Å². The van der Waals surface area contributed by atoms with Crippen LogP contribution in [0, 0.1) is 6.92 Å². The Bertz CT molecular complexity index is 1100. The molecule has 0 bridgehead atoms. The molecule has 0 fully saturated rings. The Balaban J connectivity index is 2.02. The average Bonchev–Trinajstić information content (AvgIpc) is 2.82. The summed E-state index contributed by atoms with van der Waals surface area (Å²) in [7, 11) is 0.0309. The maximum absolute atomic E-state index is 13.6. The molecule has 1 aromatic heterocycles. The highest BCUT2D eigenvalue weighted by Gasteiger charge is 2.28. The summed E-state index contributed by atoms with van der Waals surface area (Å²) in [5, 5.41) is 0.953. The highest BCUT2D eigenvalue weighted by molar-refractivity contribution is 7.90. The smallest absolute Gasteiger partial charge is 0.268 e. The fraction of sp³-hybridized carbons (Fsp3) is 0.333. The molecule has 0 radical (unpaired) electrons. The number of aryl methyl sites for hydroxylation is 1. The zero-order valence-corrected chi connectivity index (χ0v) is 16.7. The van der Waals surface area contributed by atoms with Gasteiger partial charge in [0.2, 0.25) is 0 Å². The van der Waals surface area contributed by atoms with Gasteiger partial charge in [-0.15, -0.1) is 0 Å². The van der Waals surface area contributed by atoms with E-state index >= 15 is 0 Å². The van der Waals surface area contributed by atoms with Gasteiger partial charge in [-0.1, -0.05) is 17.7 Å². The molecule has 0 spiro atoms. The summed E-state index contributed by atoms with van der Waals surface area (Å²) in [6.45, 7) is 3.63. The number of hydrogen-bond donors (Lipinski definition) is 0. The van der Waals surface area contributed by atoms with Crippen molar-refractivity contribution in [2.24, 2.45) is 0 Å². The summed E-state index contributed by atoms with van der Waals surface area (Å²) in [6.07, 6.45) is 1.67. The van der Waals surface area contributed by atoms with Crippen LogP contribution in [0.5, 0.6) is 5.75 Å². The Morgan fingerprint density at radius 1 is 1.07 bits per heavy atom. The highest BCUT2D eigenvalue weighted by Crippen LogP contribution is 2.35. The molecule has 0 N–H and O–H groups in total. The van der Waals surface area contributed by atoms with Crippen LogP contribution in [0.3, 0.4) is 0 Å². The van der Waals surface area contributed by atoms with Gasteiger partial charge in [-0.2, -0.15) is 0 Å². The first-order chi connectivity index (χ1) is 12.9. The molecular formula is C21H24N2O3S. The molecule has 0 amide bonds. The molecular weight excluding hydrogens is 360 g/mol. The number of ether oxygens (including phenoxy) is 1. The Morgan fingerprint density at radius 2 is 1.81 bits per heavy atom. The lowest BCUT2D eigenvalue weighted by molar-refractivity contribution is 0.333. The normalized spacial score (nSPS) is 15.5. The number of benzene rings is 2. The van der Waals surface area contributed by atoms with Crippen LogP contribution in [0.2, 0.25) is 0 Å². The van der Waals surface area contributed by atoms with Crippen molar-refractivity contribution < 1.29 is 13.2 Å². The van der Waals surface area contributed by atoms with E-state index in [-0.39, 0.29) is 0 Å². The minimum absolute atomic E-state index is 0.321. The Hall–Kier alpha value is -2.31. The minimum atomic E-state index is -3.68. The van der Waals surface area contributed by atoms with Crippen molar-refractivity contribution in [2.45, 2.75) is 31.2 Å². The zero-order valence-electron chi connectivity index (χ0n) is 15.9. The van der Waals surface area contributed by atoms with Crippen LogP contribution in [-0.2, 0) is 23.0 Å². The molecule has 4 rings (SSSR count). The third-order valence-electron chi connectivity index (χ3n) is 5.28. The predicted octanol–water partition coefficient (Wildman–Crippen LogP) is 3.57. The lowest BCUT2D eigenvalue weighted by atomic mass is 10.1. The van der Waals surface area contributed by atoms with Crippen molar-refractivity contribution in [2.75, 3.05) is 20.7 Å². The maximum atomic E-state index is 13.6. The summed E-state index contributed by atoms with van der Waals surface area (Å²) in [6, 6.07) is 12.7. The first-order valence-electron chi connectivity index (χ1n) is 9.13. The Morgan fingerprint density at radius 3 is 2.52 bits per heavy atom. The van der Waals surface area contributed by atoms with E-state index < -0.39 is 10.0 Å². The van der Waals surface area contributed by atoms with Crippen molar-refractivity contribution in [3.63, 3.8) is 0 Å². The van der Waals surface area contributed by atoms with Gasteiger partial charge in [-0.3, -0.25) is 0 Å². The third-order valence-corrected chi connectivity index (χ3v) is 7.05. The van der Waals surface area contributed by atoms with Crippen molar-refractivity contribution in [1.82, 2.24) is 8.87 Å². The first kappa shape index (κ1) is 18.1. The summed E-state index contributed by atoms with van der Waals surface area (Å²) in [5.41, 5.74) is 3.73. The summed E-state index contributed by atoms with van der Waals surface area (Å²) in [4.78, 5) is 2.56. The van der Waals surface area contributed by atoms with Crippen LogP contribution in [0.15, 0.2) is 47.4 Å².